The van der Waals surface area contributed by atoms with Crippen LogP contribution in [0.3, 0.4) is 0 Å². The summed E-state index contributed by atoms with van der Waals surface area (Å²) in [5, 5.41) is -0.156. The van der Waals surface area contributed by atoms with E-state index in [2.05, 4.69) is 6.92 Å². The lowest BCUT2D eigenvalue weighted by Gasteiger charge is -2.18. The zero-order valence-corrected chi connectivity index (χ0v) is 10.9. The molecule has 0 saturated carbocycles. The number of fused-ring (bicyclic) bond motifs is 1. The predicted octanol–water partition coefficient (Wildman–Crippen LogP) is 2.82. The molecule has 0 amide bonds. The molecule has 2 rings (SSSR count). The van der Waals surface area contributed by atoms with Crippen LogP contribution in [-0.2, 0) is 6.42 Å². The number of benzene rings is 1. The number of Topliss-reactive ketones (excluding diaryl/α,β-unsaturated/α-hetero) is 2. The van der Waals surface area contributed by atoms with Crippen LogP contribution in [0.5, 0.6) is 0 Å². The molecule has 0 heterocycles. The minimum absolute atomic E-state index is 0.151. The van der Waals surface area contributed by atoms with Crippen molar-refractivity contribution >= 4 is 23.2 Å². The number of halogens is 1. The minimum Gasteiger partial charge on any atom is -0.394 e. The first kappa shape index (κ1) is 12.8. The van der Waals surface area contributed by atoms with Gasteiger partial charge >= 0.3 is 0 Å². The lowest BCUT2D eigenvalue weighted by atomic mass is 9.87. The standard InChI is InChI=1S/C14H14ClNO2/c1-2-3-5-8-6-4-7-9-10(8)14(18)11(15)12(16)13(9)17/h4,6-7H,2-3,5,16H2,1H3. The maximum Gasteiger partial charge on any atom is 0.211 e. The Morgan fingerprint density at radius 2 is 1.94 bits per heavy atom. The summed E-state index contributed by atoms with van der Waals surface area (Å²) in [6.45, 7) is 2.08. The average Bonchev–Trinajstić information content (AvgIpc) is 2.40. The van der Waals surface area contributed by atoms with Gasteiger partial charge in [0.25, 0.3) is 0 Å². The number of rotatable bonds is 3. The first-order valence-electron chi connectivity index (χ1n) is 5.94. The van der Waals surface area contributed by atoms with Gasteiger partial charge in [-0.3, -0.25) is 9.59 Å². The summed E-state index contributed by atoms with van der Waals surface area (Å²) in [7, 11) is 0. The van der Waals surface area contributed by atoms with E-state index >= 15 is 0 Å². The van der Waals surface area contributed by atoms with Gasteiger partial charge in [0.15, 0.2) is 0 Å². The molecular formula is C14H14ClNO2. The Morgan fingerprint density at radius 3 is 2.61 bits per heavy atom. The van der Waals surface area contributed by atoms with Gasteiger partial charge in [-0.2, -0.15) is 0 Å². The number of carbonyl (C=O) groups excluding carboxylic acids is 2. The molecule has 2 N–H and O–H groups in total. The van der Waals surface area contributed by atoms with Gasteiger partial charge in [-0.05, 0) is 18.4 Å². The van der Waals surface area contributed by atoms with Crippen LogP contribution in [-0.4, -0.2) is 11.6 Å². The third-order valence-electron chi connectivity index (χ3n) is 3.10. The number of hydrogen-bond acceptors (Lipinski definition) is 3. The molecule has 94 valence electrons. The van der Waals surface area contributed by atoms with Crippen molar-refractivity contribution in [3.05, 3.63) is 45.6 Å². The summed E-state index contributed by atoms with van der Waals surface area (Å²) in [6, 6.07) is 5.27. The van der Waals surface area contributed by atoms with E-state index in [4.69, 9.17) is 17.3 Å². The number of allylic oxidation sites excluding steroid dienone is 2. The van der Waals surface area contributed by atoms with Crippen molar-refractivity contribution < 1.29 is 9.59 Å². The number of carbonyl (C=O) groups is 2. The molecule has 18 heavy (non-hydrogen) atoms. The number of aryl methyl sites for hydroxylation is 1. The summed E-state index contributed by atoms with van der Waals surface area (Å²) in [5.41, 5.74) is 7.07. The molecule has 0 unspecified atom stereocenters. The molecule has 0 bridgehead atoms. The summed E-state index contributed by atoms with van der Waals surface area (Å²) in [4.78, 5) is 24.1. The molecule has 0 fully saturated rings. The fraction of sp³-hybridized carbons (Fsp3) is 0.286. The second-order valence-electron chi connectivity index (χ2n) is 4.33. The van der Waals surface area contributed by atoms with Gasteiger partial charge in [0.05, 0.1) is 0 Å². The second kappa shape index (κ2) is 4.94. The highest BCUT2D eigenvalue weighted by molar-refractivity contribution is 6.50. The van der Waals surface area contributed by atoms with Crippen molar-refractivity contribution in [2.45, 2.75) is 26.2 Å². The maximum absolute atomic E-state index is 12.1. The fourth-order valence-electron chi connectivity index (χ4n) is 2.11. The molecule has 0 saturated heterocycles. The molecular weight excluding hydrogens is 250 g/mol. The number of hydrogen-bond donors (Lipinski definition) is 1. The molecule has 0 aliphatic heterocycles. The molecule has 0 radical (unpaired) electrons. The van der Waals surface area contributed by atoms with E-state index in [0.717, 1.165) is 24.8 Å². The molecule has 1 aliphatic carbocycles. The van der Waals surface area contributed by atoms with Crippen molar-refractivity contribution in [2.24, 2.45) is 5.73 Å². The van der Waals surface area contributed by atoms with Crippen LogP contribution in [0.15, 0.2) is 28.9 Å². The van der Waals surface area contributed by atoms with Gasteiger partial charge in [0.1, 0.15) is 10.7 Å². The van der Waals surface area contributed by atoms with Crippen LogP contribution in [0.25, 0.3) is 0 Å². The smallest absolute Gasteiger partial charge is 0.211 e. The van der Waals surface area contributed by atoms with E-state index in [9.17, 15) is 9.59 Å². The highest BCUT2D eigenvalue weighted by atomic mass is 35.5. The highest BCUT2D eigenvalue weighted by Gasteiger charge is 2.31. The maximum atomic E-state index is 12.1. The molecule has 1 aromatic carbocycles. The number of unbranched alkanes of at least 4 members (excludes halogenated alkanes) is 1. The number of nitrogens with two attached hydrogens (primary N) is 1. The Bertz CT molecular complexity index is 561. The van der Waals surface area contributed by atoms with Crippen molar-refractivity contribution in [3.63, 3.8) is 0 Å². The number of ketones is 2. The van der Waals surface area contributed by atoms with E-state index in [0.29, 0.717) is 11.1 Å². The predicted molar refractivity (Wildman–Crippen MR) is 70.8 cm³/mol. The Labute approximate surface area is 111 Å². The van der Waals surface area contributed by atoms with Gasteiger partial charge in [-0.25, -0.2) is 0 Å². The largest absolute Gasteiger partial charge is 0.394 e. The van der Waals surface area contributed by atoms with Gasteiger partial charge in [0, 0.05) is 11.1 Å². The third kappa shape index (κ3) is 1.95. The molecule has 0 aromatic heterocycles. The average molecular weight is 264 g/mol. The van der Waals surface area contributed by atoms with E-state index in [1.54, 1.807) is 12.1 Å². The zero-order chi connectivity index (χ0) is 13.3. The van der Waals surface area contributed by atoms with E-state index < -0.39 is 0 Å². The van der Waals surface area contributed by atoms with Crippen molar-refractivity contribution in [1.82, 2.24) is 0 Å². The molecule has 4 heteroatoms. The quantitative estimate of drug-likeness (QED) is 0.912. The zero-order valence-electron chi connectivity index (χ0n) is 10.1. The molecule has 0 atom stereocenters. The first-order valence-corrected chi connectivity index (χ1v) is 6.32. The summed E-state index contributed by atoms with van der Waals surface area (Å²) in [5.74, 6) is -0.691. The van der Waals surface area contributed by atoms with Gasteiger partial charge in [-0.1, -0.05) is 43.1 Å². The molecule has 1 aliphatic rings. The minimum atomic E-state index is -0.354. The lowest BCUT2D eigenvalue weighted by Crippen LogP contribution is -2.25. The Hall–Kier alpha value is -1.61. The first-order chi connectivity index (χ1) is 8.57. The van der Waals surface area contributed by atoms with Gasteiger partial charge in [0.2, 0.25) is 11.6 Å². The lowest BCUT2D eigenvalue weighted by molar-refractivity contribution is 0.0979. The topological polar surface area (TPSA) is 60.2 Å². The van der Waals surface area contributed by atoms with E-state index in [1.165, 1.54) is 0 Å². The van der Waals surface area contributed by atoms with Crippen molar-refractivity contribution in [2.75, 3.05) is 0 Å². The van der Waals surface area contributed by atoms with E-state index in [1.807, 2.05) is 6.07 Å². The molecule has 0 spiro atoms. The summed E-state index contributed by atoms with van der Waals surface area (Å²) >= 11 is 5.83. The van der Waals surface area contributed by atoms with Crippen LogP contribution in [0.2, 0.25) is 0 Å². The normalized spacial score (nSPS) is 15.0. The van der Waals surface area contributed by atoms with Crippen LogP contribution in [0.4, 0.5) is 0 Å². The summed E-state index contributed by atoms with van der Waals surface area (Å²) in [6.07, 6.45) is 2.76. The third-order valence-corrected chi connectivity index (χ3v) is 3.48. The Kier molecular flexibility index (Phi) is 3.53. The Balaban J connectivity index is 2.56. The second-order valence-corrected chi connectivity index (χ2v) is 4.71. The van der Waals surface area contributed by atoms with E-state index in [-0.39, 0.29) is 22.3 Å². The monoisotopic (exact) mass is 263 g/mol. The van der Waals surface area contributed by atoms with Crippen LogP contribution >= 0.6 is 11.6 Å². The highest BCUT2D eigenvalue weighted by Crippen LogP contribution is 2.29. The van der Waals surface area contributed by atoms with Crippen molar-refractivity contribution in [3.8, 4) is 0 Å². The molecule has 1 aromatic rings. The van der Waals surface area contributed by atoms with Crippen LogP contribution < -0.4 is 5.73 Å². The Morgan fingerprint density at radius 1 is 1.22 bits per heavy atom. The molecule has 3 nitrogen and oxygen atoms in total. The summed E-state index contributed by atoms with van der Waals surface area (Å²) < 4.78 is 0. The van der Waals surface area contributed by atoms with Crippen molar-refractivity contribution in [1.29, 1.82) is 0 Å². The fourth-order valence-corrected chi connectivity index (χ4v) is 2.29. The SMILES string of the molecule is CCCCc1cccc2c1C(=O)C(Cl)=C(N)C2=O. The van der Waals surface area contributed by atoms with Gasteiger partial charge < -0.3 is 5.73 Å². The van der Waals surface area contributed by atoms with Crippen LogP contribution in [0.1, 0.15) is 46.0 Å². The van der Waals surface area contributed by atoms with Gasteiger partial charge in [-0.15, -0.1) is 0 Å². The van der Waals surface area contributed by atoms with Crippen LogP contribution in [0, 0.1) is 0 Å².